The Bertz CT molecular complexity index is 2670. The topological polar surface area (TPSA) is 41.9 Å². The van der Waals surface area contributed by atoms with Crippen molar-refractivity contribution in [3.05, 3.63) is 194 Å². The number of hydrogen-bond acceptors (Lipinski definition) is 4. The van der Waals surface area contributed by atoms with Crippen LogP contribution in [0.3, 0.4) is 0 Å². The van der Waals surface area contributed by atoms with E-state index in [1.54, 1.807) is 0 Å². The van der Waals surface area contributed by atoms with E-state index in [4.69, 9.17) is 4.98 Å². The van der Waals surface area contributed by atoms with Crippen molar-refractivity contribution in [1.82, 2.24) is 15.0 Å². The second-order valence-corrected chi connectivity index (χ2v) is 13.3. The number of aromatic nitrogens is 3. The van der Waals surface area contributed by atoms with Gasteiger partial charge in [0.15, 0.2) is 0 Å². The van der Waals surface area contributed by atoms with Gasteiger partial charge < -0.3 is 4.90 Å². The van der Waals surface area contributed by atoms with Crippen molar-refractivity contribution in [3.63, 3.8) is 0 Å². The number of nitrogens with zero attached hydrogens (tertiary/aromatic N) is 4. The molecule has 6 aromatic carbocycles. The largest absolute Gasteiger partial charge is 0.310 e. The first-order valence-electron chi connectivity index (χ1n) is 17.8. The molecule has 3 aromatic heterocycles. The molecule has 9 aromatic rings. The molecule has 53 heavy (non-hydrogen) atoms. The Kier molecular flexibility index (Phi) is 7.43. The lowest BCUT2D eigenvalue weighted by atomic mass is 9.98. The second-order valence-electron chi connectivity index (χ2n) is 13.3. The van der Waals surface area contributed by atoms with Crippen molar-refractivity contribution in [1.29, 1.82) is 0 Å². The molecule has 0 N–H and O–H groups in total. The van der Waals surface area contributed by atoms with E-state index in [2.05, 4.69) is 160 Å². The molecule has 0 fully saturated rings. The highest BCUT2D eigenvalue weighted by atomic mass is 15.1. The van der Waals surface area contributed by atoms with Crippen LogP contribution in [0.4, 0.5) is 17.1 Å². The third-order valence-corrected chi connectivity index (χ3v) is 10.1. The van der Waals surface area contributed by atoms with E-state index in [1.165, 1.54) is 44.2 Å². The summed E-state index contributed by atoms with van der Waals surface area (Å²) in [6.07, 6.45) is 3.62. The first-order valence-corrected chi connectivity index (χ1v) is 17.8. The Labute approximate surface area is 308 Å². The molecular weight excluding hydrogens is 645 g/mol. The zero-order chi connectivity index (χ0) is 35.1. The highest BCUT2D eigenvalue weighted by molar-refractivity contribution is 6.19. The number of anilines is 3. The molecule has 3 heterocycles. The van der Waals surface area contributed by atoms with E-state index in [-0.39, 0.29) is 0 Å². The van der Waals surface area contributed by atoms with Crippen LogP contribution in [0.5, 0.6) is 0 Å². The fourth-order valence-electron chi connectivity index (χ4n) is 7.66. The summed E-state index contributed by atoms with van der Waals surface area (Å²) < 4.78 is 0. The molecule has 4 nitrogen and oxygen atoms in total. The molecule has 0 saturated heterocycles. The van der Waals surface area contributed by atoms with Crippen LogP contribution < -0.4 is 4.90 Å². The summed E-state index contributed by atoms with van der Waals surface area (Å²) in [5, 5.41) is 2.51. The Morgan fingerprint density at radius 2 is 0.925 bits per heavy atom. The average Bonchev–Trinajstić information content (AvgIpc) is 3.57. The summed E-state index contributed by atoms with van der Waals surface area (Å²) in [5.74, 6) is 0. The minimum absolute atomic E-state index is 0.801. The third kappa shape index (κ3) is 5.45. The molecule has 248 valence electrons. The van der Waals surface area contributed by atoms with E-state index in [9.17, 15) is 0 Å². The smallest absolute Gasteiger partial charge is 0.0900 e. The van der Waals surface area contributed by atoms with Crippen molar-refractivity contribution in [2.75, 3.05) is 4.90 Å². The van der Waals surface area contributed by atoms with Crippen LogP contribution in [-0.4, -0.2) is 15.0 Å². The van der Waals surface area contributed by atoms with Gasteiger partial charge in [0.05, 0.1) is 28.5 Å². The predicted octanol–water partition coefficient (Wildman–Crippen LogP) is 12.8. The monoisotopic (exact) mass is 676 g/mol. The van der Waals surface area contributed by atoms with E-state index in [0.29, 0.717) is 0 Å². The number of fused-ring (bicyclic) bond motifs is 3. The van der Waals surface area contributed by atoms with E-state index < -0.39 is 0 Å². The van der Waals surface area contributed by atoms with Gasteiger partial charge in [-0.15, -0.1) is 0 Å². The summed E-state index contributed by atoms with van der Waals surface area (Å²) in [5.41, 5.74) is 16.1. The molecule has 0 spiro atoms. The summed E-state index contributed by atoms with van der Waals surface area (Å²) in [4.78, 5) is 16.7. The van der Waals surface area contributed by atoms with E-state index >= 15 is 0 Å². The maximum atomic E-state index is 5.02. The molecule has 1 aliphatic carbocycles. The van der Waals surface area contributed by atoms with Crippen molar-refractivity contribution < 1.29 is 0 Å². The Balaban J connectivity index is 1.16. The molecule has 0 bridgehead atoms. The molecule has 0 unspecified atom stereocenters. The van der Waals surface area contributed by atoms with Gasteiger partial charge in [0, 0.05) is 29.2 Å². The van der Waals surface area contributed by atoms with Gasteiger partial charge in [0.1, 0.15) is 0 Å². The molecule has 0 saturated carbocycles. The first-order chi connectivity index (χ1) is 26.3. The van der Waals surface area contributed by atoms with Gasteiger partial charge in [-0.3, -0.25) is 9.97 Å². The minimum Gasteiger partial charge on any atom is -0.310 e. The standard InChI is InChI=1S/C49H32N4/c1-2-12-33(13-3-1)34-22-24-37(25-23-34)53(48-27-26-42-40-17-5-4-16-39(40)41-18-11-19-43(48)49(41)42)38-15-10-14-35(30-38)36-31-46(44-20-6-8-28-50-44)52-47(32-36)45-21-7-9-29-51-45/h1-32H. The van der Waals surface area contributed by atoms with E-state index in [0.717, 1.165) is 51.0 Å². The molecule has 0 atom stereocenters. The van der Waals surface area contributed by atoms with Crippen molar-refractivity contribution in [3.8, 4) is 67.3 Å². The summed E-state index contributed by atoms with van der Waals surface area (Å²) in [7, 11) is 0. The minimum atomic E-state index is 0.801. The lowest BCUT2D eigenvalue weighted by Gasteiger charge is -2.28. The number of pyridine rings is 3. The first kappa shape index (κ1) is 30.6. The van der Waals surface area contributed by atoms with Gasteiger partial charge in [-0.2, -0.15) is 0 Å². The summed E-state index contributed by atoms with van der Waals surface area (Å²) >= 11 is 0. The lowest BCUT2D eigenvalue weighted by molar-refractivity contribution is 1.22. The SMILES string of the molecule is c1ccc(-c2ccc(N(c3cccc(-c4cc(-c5ccccn5)nc(-c5ccccn5)c4)c3)c3ccc4c5c(cccc35)-c3ccccc3-4)cc2)cc1. The highest BCUT2D eigenvalue weighted by Crippen LogP contribution is 2.51. The van der Waals surface area contributed by atoms with Crippen LogP contribution in [-0.2, 0) is 0 Å². The van der Waals surface area contributed by atoms with Gasteiger partial charge in [-0.25, -0.2) is 4.98 Å². The maximum absolute atomic E-state index is 5.02. The molecule has 1 aliphatic rings. The third-order valence-electron chi connectivity index (χ3n) is 10.1. The highest BCUT2D eigenvalue weighted by Gasteiger charge is 2.25. The molecule has 10 rings (SSSR count). The van der Waals surface area contributed by atoms with E-state index in [1.807, 2.05) is 48.8 Å². The molecule has 0 amide bonds. The Hall–Kier alpha value is -7.17. The zero-order valence-electron chi connectivity index (χ0n) is 28.8. The maximum Gasteiger partial charge on any atom is 0.0900 e. The summed E-state index contributed by atoms with van der Waals surface area (Å²) in [6.45, 7) is 0. The molecular formula is C49H32N4. The fourth-order valence-corrected chi connectivity index (χ4v) is 7.66. The Morgan fingerprint density at radius 3 is 1.60 bits per heavy atom. The molecule has 4 heteroatoms. The van der Waals surface area contributed by atoms with Gasteiger partial charge in [0.25, 0.3) is 0 Å². The van der Waals surface area contributed by atoms with Crippen LogP contribution in [0.15, 0.2) is 194 Å². The van der Waals surface area contributed by atoms with Crippen LogP contribution in [0, 0.1) is 0 Å². The summed E-state index contributed by atoms with van der Waals surface area (Å²) in [6, 6.07) is 64.4. The molecule has 0 radical (unpaired) electrons. The van der Waals surface area contributed by atoms with Crippen LogP contribution in [0.1, 0.15) is 0 Å². The molecule has 0 aliphatic heterocycles. The van der Waals surface area contributed by atoms with Crippen LogP contribution >= 0.6 is 0 Å². The zero-order valence-corrected chi connectivity index (χ0v) is 28.8. The van der Waals surface area contributed by atoms with Crippen LogP contribution in [0.2, 0.25) is 0 Å². The van der Waals surface area contributed by atoms with Crippen LogP contribution in [0.25, 0.3) is 78.1 Å². The fraction of sp³-hybridized carbons (Fsp3) is 0. The Morgan fingerprint density at radius 1 is 0.340 bits per heavy atom. The number of hydrogen-bond donors (Lipinski definition) is 0. The number of rotatable bonds is 7. The van der Waals surface area contributed by atoms with Gasteiger partial charge in [-0.05, 0) is 117 Å². The second kappa shape index (κ2) is 12.9. The normalized spacial score (nSPS) is 11.4. The average molecular weight is 677 g/mol. The number of benzene rings is 6. The van der Waals surface area contributed by atoms with Gasteiger partial charge in [0.2, 0.25) is 0 Å². The predicted molar refractivity (Wildman–Crippen MR) is 218 cm³/mol. The van der Waals surface area contributed by atoms with Crippen molar-refractivity contribution >= 4 is 27.8 Å². The van der Waals surface area contributed by atoms with Crippen molar-refractivity contribution in [2.45, 2.75) is 0 Å². The lowest BCUT2D eigenvalue weighted by Crippen LogP contribution is -2.10. The van der Waals surface area contributed by atoms with Gasteiger partial charge in [-0.1, -0.05) is 115 Å². The quantitative estimate of drug-likeness (QED) is 0.168. The van der Waals surface area contributed by atoms with Crippen molar-refractivity contribution in [2.24, 2.45) is 0 Å². The van der Waals surface area contributed by atoms with Gasteiger partial charge >= 0.3 is 0 Å².